The van der Waals surface area contributed by atoms with Crippen LogP contribution < -0.4 is 15.0 Å². The predicted molar refractivity (Wildman–Crippen MR) is 155 cm³/mol. The topological polar surface area (TPSA) is 95.9 Å². The van der Waals surface area contributed by atoms with Gasteiger partial charge in [-0.1, -0.05) is 24.3 Å². The molecular formula is C32H34N2O5S. The lowest BCUT2D eigenvalue weighted by Crippen LogP contribution is -2.57. The number of hydrogen-bond acceptors (Lipinski definition) is 5. The summed E-state index contributed by atoms with van der Waals surface area (Å²) in [5, 5.41) is 12.4. The minimum atomic E-state index is -0.698. The molecule has 8 heteroatoms. The zero-order valence-corrected chi connectivity index (χ0v) is 23.9. The Hall–Kier alpha value is -3.65. The van der Waals surface area contributed by atoms with E-state index in [-0.39, 0.29) is 29.2 Å². The first-order valence-electron chi connectivity index (χ1n) is 13.9. The molecular weight excluding hydrogens is 524 g/mol. The van der Waals surface area contributed by atoms with Crippen LogP contribution in [0.4, 0.5) is 5.69 Å². The number of aliphatic carboxylic acids is 1. The second kappa shape index (κ2) is 10.1. The van der Waals surface area contributed by atoms with Crippen LogP contribution in [0.5, 0.6) is 5.75 Å². The molecule has 3 fully saturated rings. The van der Waals surface area contributed by atoms with Gasteiger partial charge in [0.15, 0.2) is 0 Å². The van der Waals surface area contributed by atoms with Crippen LogP contribution in [0, 0.1) is 25.2 Å². The minimum absolute atomic E-state index is 0.0214. The van der Waals surface area contributed by atoms with E-state index in [1.54, 1.807) is 23.3 Å². The maximum Gasteiger partial charge on any atom is 0.306 e. The van der Waals surface area contributed by atoms with Gasteiger partial charge in [0.1, 0.15) is 5.75 Å². The van der Waals surface area contributed by atoms with Crippen LogP contribution in [-0.4, -0.2) is 42.6 Å². The Kier molecular flexibility index (Phi) is 6.69. The lowest BCUT2D eigenvalue weighted by molar-refractivity contribution is -0.155. The van der Waals surface area contributed by atoms with Gasteiger partial charge >= 0.3 is 5.97 Å². The number of nitrogens with zero attached hydrogens (tertiary/aromatic N) is 1. The van der Waals surface area contributed by atoms with Gasteiger partial charge < -0.3 is 20.1 Å². The monoisotopic (exact) mass is 558 g/mol. The number of hydrogen-bond donors (Lipinski definition) is 2. The summed E-state index contributed by atoms with van der Waals surface area (Å²) in [5.41, 5.74) is 5.97. The molecule has 2 aromatic carbocycles. The van der Waals surface area contributed by atoms with Gasteiger partial charge in [-0.15, -0.1) is 11.3 Å². The largest absolute Gasteiger partial charge is 0.497 e. The highest BCUT2D eigenvalue weighted by atomic mass is 32.1. The van der Waals surface area contributed by atoms with E-state index >= 15 is 0 Å². The van der Waals surface area contributed by atoms with Gasteiger partial charge in [-0.25, -0.2) is 0 Å². The number of β-lactam (4-membered cyclic amide) rings is 1. The molecule has 0 unspecified atom stereocenters. The van der Waals surface area contributed by atoms with Crippen molar-refractivity contribution in [3.05, 3.63) is 68.9 Å². The third kappa shape index (κ3) is 4.79. The number of carbonyl (C=O) groups is 3. The van der Waals surface area contributed by atoms with Crippen LogP contribution >= 0.6 is 11.3 Å². The second-order valence-electron chi connectivity index (χ2n) is 11.7. The zero-order valence-electron chi connectivity index (χ0n) is 23.1. The van der Waals surface area contributed by atoms with Crippen molar-refractivity contribution in [1.29, 1.82) is 0 Å². The van der Waals surface area contributed by atoms with Crippen LogP contribution in [0.3, 0.4) is 0 Å². The number of aryl methyl sites for hydroxylation is 2. The number of rotatable bonds is 8. The molecule has 2 N–H and O–H groups in total. The smallest absolute Gasteiger partial charge is 0.306 e. The predicted octanol–water partition coefficient (Wildman–Crippen LogP) is 5.74. The minimum Gasteiger partial charge on any atom is -0.497 e. The summed E-state index contributed by atoms with van der Waals surface area (Å²) in [6, 6.07) is 14.4. The Bertz CT molecular complexity index is 1490. The molecule has 6 rings (SSSR count). The lowest BCUT2D eigenvalue weighted by Gasteiger charge is -2.56. The molecule has 208 valence electrons. The molecule has 40 heavy (non-hydrogen) atoms. The maximum absolute atomic E-state index is 13.4. The van der Waals surface area contributed by atoms with Gasteiger partial charge in [0.05, 0.1) is 18.6 Å². The fourth-order valence-electron chi connectivity index (χ4n) is 6.71. The summed E-state index contributed by atoms with van der Waals surface area (Å²) in [6.45, 7) is 4.81. The van der Waals surface area contributed by atoms with E-state index in [1.165, 1.54) is 0 Å². The molecule has 3 aromatic rings. The molecule has 1 aliphatic heterocycles. The number of ether oxygens (including phenoxy) is 1. The number of methoxy groups -OCH3 is 1. The first-order chi connectivity index (χ1) is 19.1. The van der Waals surface area contributed by atoms with E-state index < -0.39 is 5.97 Å². The van der Waals surface area contributed by atoms with E-state index in [1.807, 2.05) is 25.1 Å². The maximum atomic E-state index is 13.4. The first-order valence-corrected chi connectivity index (χ1v) is 14.7. The summed E-state index contributed by atoms with van der Waals surface area (Å²) in [6.07, 6.45) is 4.47. The van der Waals surface area contributed by atoms with Crippen molar-refractivity contribution in [3.8, 4) is 16.9 Å². The number of amides is 2. The molecule has 2 amide bonds. The summed E-state index contributed by atoms with van der Waals surface area (Å²) < 4.78 is 5.50. The summed E-state index contributed by atoms with van der Waals surface area (Å²) in [5.74, 6) is -0.0919. The van der Waals surface area contributed by atoms with E-state index in [9.17, 15) is 19.5 Å². The van der Waals surface area contributed by atoms with Crippen molar-refractivity contribution >= 4 is 34.8 Å². The number of carboxylic acids is 1. The van der Waals surface area contributed by atoms with Crippen LogP contribution in [0.25, 0.3) is 11.1 Å². The Morgan fingerprint density at radius 3 is 2.38 bits per heavy atom. The molecule has 0 atom stereocenters. The molecule has 7 nitrogen and oxygen atoms in total. The fraction of sp³-hybridized carbons (Fsp3) is 0.406. The van der Waals surface area contributed by atoms with Crippen molar-refractivity contribution in [2.75, 3.05) is 18.6 Å². The molecule has 3 aliphatic rings. The molecule has 1 spiro atoms. The van der Waals surface area contributed by atoms with E-state index in [0.29, 0.717) is 18.6 Å². The molecule has 2 saturated carbocycles. The van der Waals surface area contributed by atoms with Crippen LogP contribution in [-0.2, 0) is 16.0 Å². The van der Waals surface area contributed by atoms with Gasteiger partial charge in [-0.3, -0.25) is 14.4 Å². The quantitative estimate of drug-likeness (QED) is 0.344. The highest BCUT2D eigenvalue weighted by molar-refractivity contribution is 7.12. The molecule has 1 saturated heterocycles. The molecule has 1 aromatic heterocycles. The number of anilines is 1. The lowest BCUT2D eigenvalue weighted by atomic mass is 9.50. The first kappa shape index (κ1) is 26.6. The van der Waals surface area contributed by atoms with Crippen molar-refractivity contribution in [2.45, 2.75) is 58.4 Å². The number of carboxylic acid groups (broad SMARTS) is 1. The highest BCUT2D eigenvalue weighted by Gasteiger charge is 2.55. The SMILES string of the molecule is COc1cc(-c2ccc(Cc3c(C)sc(C)c3C(=O)N[C@H]3CC4(C3)C[C@H](C(=O)O)C4)cc2)cc(N2CCC2=O)c1. The summed E-state index contributed by atoms with van der Waals surface area (Å²) >= 11 is 1.66. The van der Waals surface area contributed by atoms with Gasteiger partial charge in [0.25, 0.3) is 5.91 Å². The third-order valence-electron chi connectivity index (χ3n) is 8.97. The molecule has 0 radical (unpaired) electrons. The third-order valence-corrected chi connectivity index (χ3v) is 10.0. The Morgan fingerprint density at radius 2 is 1.77 bits per heavy atom. The van der Waals surface area contributed by atoms with Crippen LogP contribution in [0.15, 0.2) is 42.5 Å². The van der Waals surface area contributed by atoms with Crippen molar-refractivity contribution in [1.82, 2.24) is 5.32 Å². The Labute approximate surface area is 238 Å². The van der Waals surface area contributed by atoms with Gasteiger partial charge in [0.2, 0.25) is 5.91 Å². The number of benzene rings is 2. The normalized spacial score (nSPS) is 23.3. The highest BCUT2D eigenvalue weighted by Crippen LogP contribution is 2.58. The number of nitrogens with one attached hydrogen (secondary N) is 1. The second-order valence-corrected chi connectivity index (χ2v) is 13.1. The molecule has 2 heterocycles. The van der Waals surface area contributed by atoms with E-state index in [4.69, 9.17) is 4.74 Å². The number of thiophene rings is 1. The van der Waals surface area contributed by atoms with E-state index in [0.717, 1.165) is 75.5 Å². The summed E-state index contributed by atoms with van der Waals surface area (Å²) in [4.78, 5) is 40.5. The summed E-state index contributed by atoms with van der Waals surface area (Å²) in [7, 11) is 1.63. The molecule has 2 aliphatic carbocycles. The van der Waals surface area contributed by atoms with E-state index in [2.05, 4.69) is 36.5 Å². The van der Waals surface area contributed by atoms with Crippen molar-refractivity contribution in [3.63, 3.8) is 0 Å². The van der Waals surface area contributed by atoms with Crippen LogP contribution in [0.2, 0.25) is 0 Å². The van der Waals surface area contributed by atoms with Crippen molar-refractivity contribution < 1.29 is 24.2 Å². The molecule has 0 bridgehead atoms. The Morgan fingerprint density at radius 1 is 1.05 bits per heavy atom. The zero-order chi connectivity index (χ0) is 28.2. The van der Waals surface area contributed by atoms with Crippen molar-refractivity contribution in [2.24, 2.45) is 11.3 Å². The van der Waals surface area contributed by atoms with Gasteiger partial charge in [-0.2, -0.15) is 0 Å². The Balaban J connectivity index is 1.15. The van der Waals surface area contributed by atoms with Crippen LogP contribution in [0.1, 0.15) is 63.3 Å². The number of carbonyl (C=O) groups excluding carboxylic acids is 2. The standard InChI is InChI=1S/C32H34N2O5S/c1-18-27(29(19(2)40-18)30(36)33-24-16-32(17-24)14-23(15-32)31(37)38)10-20-4-6-21(7-5-20)22-11-25(13-26(12-22)39-3)34-9-8-28(34)35/h4-7,11-13,23-24H,8-10,14-17H2,1-3H3,(H,33,36)(H,37,38)/t23-,24-,32?. The fourth-order valence-corrected chi connectivity index (χ4v) is 7.78. The van der Waals surface area contributed by atoms with Gasteiger partial charge in [0, 0.05) is 40.5 Å². The van der Waals surface area contributed by atoms with Gasteiger partial charge in [-0.05, 0) is 85.8 Å². The average Bonchev–Trinajstić information content (AvgIpc) is 3.15. The average molecular weight is 559 g/mol.